The van der Waals surface area contributed by atoms with E-state index in [1.165, 1.54) is 16.5 Å². The van der Waals surface area contributed by atoms with Crippen LogP contribution >= 0.6 is 0 Å². The lowest BCUT2D eigenvalue weighted by molar-refractivity contribution is 0.0661. The minimum atomic E-state index is -1.03. The van der Waals surface area contributed by atoms with E-state index in [-0.39, 0.29) is 5.76 Å². The van der Waals surface area contributed by atoms with Gasteiger partial charge >= 0.3 is 5.97 Å². The predicted molar refractivity (Wildman–Crippen MR) is 80.8 cm³/mol. The van der Waals surface area contributed by atoms with Gasteiger partial charge in [-0.1, -0.05) is 25.1 Å². The maximum atomic E-state index is 11.0. The van der Waals surface area contributed by atoms with Crippen LogP contribution in [0.1, 0.15) is 34.4 Å². The van der Waals surface area contributed by atoms with Crippen LogP contribution in [0.2, 0.25) is 0 Å². The molecule has 21 heavy (non-hydrogen) atoms. The summed E-state index contributed by atoms with van der Waals surface area (Å²) in [6.07, 6.45) is 3.00. The van der Waals surface area contributed by atoms with Crippen molar-refractivity contribution in [1.29, 1.82) is 0 Å². The van der Waals surface area contributed by atoms with Crippen LogP contribution in [-0.2, 0) is 13.0 Å². The minimum Gasteiger partial charge on any atom is -0.475 e. The number of aromatic carboxylic acids is 1. The van der Waals surface area contributed by atoms with E-state index in [2.05, 4.69) is 35.8 Å². The molecule has 1 aromatic carbocycles. The number of hydrogen-bond donors (Lipinski definition) is 1. The topological polar surface area (TPSA) is 55.4 Å². The van der Waals surface area contributed by atoms with E-state index >= 15 is 0 Å². The van der Waals surface area contributed by atoms with Gasteiger partial charge in [0.1, 0.15) is 5.76 Å². The molecule has 0 atom stereocenters. The van der Waals surface area contributed by atoms with E-state index in [9.17, 15) is 4.79 Å². The summed E-state index contributed by atoms with van der Waals surface area (Å²) >= 11 is 0. The van der Waals surface area contributed by atoms with E-state index in [0.717, 1.165) is 12.0 Å². The van der Waals surface area contributed by atoms with Crippen molar-refractivity contribution in [2.75, 3.05) is 0 Å². The molecule has 0 fully saturated rings. The third-order valence-electron chi connectivity index (χ3n) is 3.83. The lowest BCUT2D eigenvalue weighted by Gasteiger charge is -2.08. The number of aromatic nitrogens is 1. The van der Waals surface area contributed by atoms with Gasteiger partial charge in [0.25, 0.3) is 0 Å². The molecule has 3 rings (SSSR count). The zero-order valence-electron chi connectivity index (χ0n) is 12.1. The summed E-state index contributed by atoms with van der Waals surface area (Å²) in [6, 6.07) is 9.98. The van der Waals surface area contributed by atoms with Crippen LogP contribution in [0.3, 0.4) is 0 Å². The molecule has 3 aromatic rings. The monoisotopic (exact) mass is 283 g/mol. The van der Waals surface area contributed by atoms with Crippen LogP contribution in [0.15, 0.2) is 40.9 Å². The molecule has 4 nitrogen and oxygen atoms in total. The number of fused-ring (bicyclic) bond motifs is 1. The normalized spacial score (nSPS) is 11.1. The largest absolute Gasteiger partial charge is 0.475 e. The first-order valence-electron chi connectivity index (χ1n) is 6.99. The number of furan rings is 1. The van der Waals surface area contributed by atoms with Crippen molar-refractivity contribution in [3.8, 4) is 0 Å². The van der Waals surface area contributed by atoms with E-state index in [0.29, 0.717) is 12.3 Å². The standard InChI is InChI=1S/C17H17NO3/c1-3-12-5-4-6-13-7-8-18(16(12)13)10-14-9-15(17(19)20)21-11(14)2/h4-9H,3,10H2,1-2H3,(H,19,20). The zero-order valence-corrected chi connectivity index (χ0v) is 12.1. The number of hydrogen-bond acceptors (Lipinski definition) is 2. The third-order valence-corrected chi connectivity index (χ3v) is 3.83. The van der Waals surface area contributed by atoms with Crippen LogP contribution in [0.25, 0.3) is 10.9 Å². The number of carbonyl (C=O) groups is 1. The first-order valence-corrected chi connectivity index (χ1v) is 6.99. The van der Waals surface area contributed by atoms with Crippen molar-refractivity contribution in [2.24, 2.45) is 0 Å². The molecule has 0 bridgehead atoms. The molecule has 0 unspecified atom stereocenters. The van der Waals surface area contributed by atoms with E-state index in [1.54, 1.807) is 13.0 Å². The summed E-state index contributed by atoms with van der Waals surface area (Å²) in [5.41, 5.74) is 3.39. The Morgan fingerprint density at radius 1 is 1.29 bits per heavy atom. The van der Waals surface area contributed by atoms with Gasteiger partial charge in [-0.2, -0.15) is 0 Å². The fourth-order valence-electron chi connectivity index (χ4n) is 2.72. The Morgan fingerprint density at radius 3 is 2.76 bits per heavy atom. The first kappa shape index (κ1) is 13.5. The van der Waals surface area contributed by atoms with Gasteiger partial charge in [0.05, 0.1) is 12.1 Å². The SMILES string of the molecule is CCc1cccc2ccn(Cc3cc(C(=O)O)oc3C)c12. The fourth-order valence-corrected chi connectivity index (χ4v) is 2.72. The molecule has 4 heteroatoms. The molecule has 0 aliphatic heterocycles. The third kappa shape index (κ3) is 2.33. The highest BCUT2D eigenvalue weighted by Gasteiger charge is 2.14. The van der Waals surface area contributed by atoms with Crippen LogP contribution in [0.5, 0.6) is 0 Å². The van der Waals surface area contributed by atoms with E-state index in [1.807, 2.05) is 6.20 Å². The van der Waals surface area contributed by atoms with Gasteiger partial charge in [-0.25, -0.2) is 4.79 Å². The minimum absolute atomic E-state index is 0.00493. The van der Waals surface area contributed by atoms with Crippen molar-refractivity contribution < 1.29 is 14.3 Å². The summed E-state index contributed by atoms with van der Waals surface area (Å²) in [7, 11) is 0. The Hall–Kier alpha value is -2.49. The summed E-state index contributed by atoms with van der Waals surface area (Å²) in [5.74, 6) is -0.381. The maximum Gasteiger partial charge on any atom is 0.371 e. The van der Waals surface area contributed by atoms with Crippen molar-refractivity contribution in [3.05, 3.63) is 59.2 Å². The summed E-state index contributed by atoms with van der Waals surface area (Å²) in [5, 5.41) is 10.2. The van der Waals surface area contributed by atoms with Gasteiger partial charge in [0, 0.05) is 11.8 Å². The Morgan fingerprint density at radius 2 is 2.10 bits per heavy atom. The lowest BCUT2D eigenvalue weighted by atomic mass is 10.1. The maximum absolute atomic E-state index is 11.0. The number of aryl methyl sites for hydroxylation is 2. The second-order valence-corrected chi connectivity index (χ2v) is 5.15. The summed E-state index contributed by atoms with van der Waals surface area (Å²) < 4.78 is 7.43. The molecule has 108 valence electrons. The number of rotatable bonds is 4. The number of carboxylic acids is 1. The average molecular weight is 283 g/mol. The van der Waals surface area contributed by atoms with Gasteiger partial charge in [-0.05, 0) is 36.4 Å². The van der Waals surface area contributed by atoms with Gasteiger partial charge in [0.15, 0.2) is 0 Å². The van der Waals surface area contributed by atoms with Crippen LogP contribution in [0, 0.1) is 6.92 Å². The molecule has 0 saturated carbocycles. The van der Waals surface area contributed by atoms with Gasteiger partial charge in [-0.3, -0.25) is 0 Å². The number of carboxylic acid groups (broad SMARTS) is 1. The quantitative estimate of drug-likeness (QED) is 0.791. The van der Waals surface area contributed by atoms with E-state index < -0.39 is 5.97 Å². The van der Waals surface area contributed by atoms with Gasteiger partial charge in [0.2, 0.25) is 5.76 Å². The predicted octanol–water partition coefficient (Wildman–Crippen LogP) is 3.85. The fraction of sp³-hybridized carbons (Fsp3) is 0.235. The second-order valence-electron chi connectivity index (χ2n) is 5.15. The van der Waals surface area contributed by atoms with Crippen molar-refractivity contribution in [3.63, 3.8) is 0 Å². The molecular weight excluding hydrogens is 266 g/mol. The zero-order chi connectivity index (χ0) is 15.0. The van der Waals surface area contributed by atoms with Crippen molar-refractivity contribution in [1.82, 2.24) is 4.57 Å². The highest BCUT2D eigenvalue weighted by Crippen LogP contribution is 2.23. The van der Waals surface area contributed by atoms with E-state index in [4.69, 9.17) is 9.52 Å². The molecule has 0 radical (unpaired) electrons. The van der Waals surface area contributed by atoms with Crippen molar-refractivity contribution in [2.45, 2.75) is 26.8 Å². The van der Waals surface area contributed by atoms with Gasteiger partial charge in [-0.15, -0.1) is 0 Å². The highest BCUT2D eigenvalue weighted by molar-refractivity contribution is 5.85. The average Bonchev–Trinajstić information content (AvgIpc) is 3.04. The molecule has 0 aliphatic rings. The molecule has 1 N–H and O–H groups in total. The molecule has 2 heterocycles. The van der Waals surface area contributed by atoms with Gasteiger partial charge < -0.3 is 14.1 Å². The Bertz CT molecular complexity index is 811. The Balaban J connectivity index is 2.04. The Kier molecular flexibility index (Phi) is 3.29. The molecule has 0 aliphatic carbocycles. The molecule has 2 aromatic heterocycles. The van der Waals surface area contributed by atoms with Crippen LogP contribution in [0.4, 0.5) is 0 Å². The number of benzene rings is 1. The second kappa shape index (κ2) is 5.13. The van der Waals surface area contributed by atoms with Crippen LogP contribution in [-0.4, -0.2) is 15.6 Å². The molecule has 0 saturated heterocycles. The van der Waals surface area contributed by atoms with Crippen molar-refractivity contribution >= 4 is 16.9 Å². The first-order chi connectivity index (χ1) is 10.1. The number of nitrogens with zero attached hydrogens (tertiary/aromatic N) is 1. The van der Waals surface area contributed by atoms with Crippen LogP contribution < -0.4 is 0 Å². The molecule has 0 amide bonds. The Labute approximate surface area is 122 Å². The number of para-hydroxylation sites is 1. The summed E-state index contributed by atoms with van der Waals surface area (Å²) in [6.45, 7) is 4.55. The molecule has 0 spiro atoms. The highest BCUT2D eigenvalue weighted by atomic mass is 16.4. The lowest BCUT2D eigenvalue weighted by Crippen LogP contribution is -2.00. The molecular formula is C17H17NO3. The summed E-state index contributed by atoms with van der Waals surface area (Å²) in [4.78, 5) is 11.0. The smallest absolute Gasteiger partial charge is 0.371 e.